The van der Waals surface area contributed by atoms with Crippen LogP contribution in [0.2, 0.25) is 0 Å². The molecule has 4 heteroatoms. The number of pyridine rings is 1. The largest absolute Gasteiger partial charge is 0.384 e. The number of nitrogens with zero attached hydrogens (tertiary/aromatic N) is 1. The Labute approximate surface area is 76.6 Å². The molecule has 0 aliphatic heterocycles. The van der Waals surface area contributed by atoms with E-state index in [1.165, 1.54) is 0 Å². The average molecular weight is 180 g/mol. The van der Waals surface area contributed by atoms with Gasteiger partial charge in [-0.1, -0.05) is 0 Å². The fraction of sp³-hybridized carbons (Fsp3) is 0.333. The maximum absolute atomic E-state index is 10.1. The molecule has 0 fully saturated rings. The number of nitrogens with one attached hydrogen (secondary N) is 1. The first-order valence-electron chi connectivity index (χ1n) is 3.93. The van der Waals surface area contributed by atoms with Crippen LogP contribution in [0.5, 0.6) is 0 Å². The highest BCUT2D eigenvalue weighted by atomic mass is 16.3. The van der Waals surface area contributed by atoms with Gasteiger partial charge in [0, 0.05) is 11.9 Å². The molecule has 0 saturated carbocycles. The fourth-order valence-electron chi connectivity index (χ4n) is 0.923. The normalized spacial score (nSPS) is 11.0. The number of carbonyl (C=O) groups excluding carboxylic acids is 1. The van der Waals surface area contributed by atoms with Gasteiger partial charge in [0.05, 0.1) is 5.69 Å². The second kappa shape index (κ2) is 3.53. The number of hydrogen-bond acceptors (Lipinski definition) is 3. The lowest BCUT2D eigenvalue weighted by molar-refractivity contribution is -0.105. The summed E-state index contributed by atoms with van der Waals surface area (Å²) in [6.45, 7) is 3.28. The molecule has 13 heavy (non-hydrogen) atoms. The molecule has 1 rings (SSSR count). The SMILES string of the molecule is CC(C)(O)c1cc(NC=O)ccn1. The van der Waals surface area contributed by atoms with Crippen LogP contribution in [0.25, 0.3) is 0 Å². The Morgan fingerprint density at radius 1 is 1.62 bits per heavy atom. The van der Waals surface area contributed by atoms with Gasteiger partial charge in [-0.25, -0.2) is 0 Å². The molecule has 4 nitrogen and oxygen atoms in total. The minimum atomic E-state index is -0.986. The van der Waals surface area contributed by atoms with Crippen LogP contribution in [0.1, 0.15) is 19.5 Å². The number of amides is 1. The molecule has 1 aromatic heterocycles. The van der Waals surface area contributed by atoms with Gasteiger partial charge in [-0.05, 0) is 26.0 Å². The van der Waals surface area contributed by atoms with Crippen molar-refractivity contribution in [3.8, 4) is 0 Å². The zero-order chi connectivity index (χ0) is 9.90. The quantitative estimate of drug-likeness (QED) is 0.679. The molecule has 1 amide bonds. The molecule has 0 atom stereocenters. The van der Waals surface area contributed by atoms with E-state index in [2.05, 4.69) is 10.3 Å². The third-order valence-electron chi connectivity index (χ3n) is 1.61. The van der Waals surface area contributed by atoms with E-state index in [9.17, 15) is 9.90 Å². The van der Waals surface area contributed by atoms with Gasteiger partial charge in [0.15, 0.2) is 0 Å². The zero-order valence-corrected chi connectivity index (χ0v) is 7.61. The molecule has 0 aliphatic rings. The van der Waals surface area contributed by atoms with E-state index in [1.807, 2.05) is 0 Å². The lowest BCUT2D eigenvalue weighted by Crippen LogP contribution is -2.17. The van der Waals surface area contributed by atoms with Crippen molar-refractivity contribution < 1.29 is 9.90 Å². The van der Waals surface area contributed by atoms with Crippen LogP contribution in [0, 0.1) is 0 Å². The van der Waals surface area contributed by atoms with Crippen molar-refractivity contribution in [3.63, 3.8) is 0 Å². The van der Waals surface area contributed by atoms with E-state index in [-0.39, 0.29) is 0 Å². The fourth-order valence-corrected chi connectivity index (χ4v) is 0.923. The third kappa shape index (κ3) is 2.52. The summed E-state index contributed by atoms with van der Waals surface area (Å²) in [5, 5.41) is 12.1. The predicted molar refractivity (Wildman–Crippen MR) is 49.2 cm³/mol. The maximum atomic E-state index is 10.1. The van der Waals surface area contributed by atoms with E-state index >= 15 is 0 Å². The van der Waals surface area contributed by atoms with Crippen molar-refractivity contribution >= 4 is 12.1 Å². The van der Waals surface area contributed by atoms with Gasteiger partial charge in [0.2, 0.25) is 6.41 Å². The molecular weight excluding hydrogens is 168 g/mol. The maximum Gasteiger partial charge on any atom is 0.211 e. The minimum Gasteiger partial charge on any atom is -0.384 e. The first kappa shape index (κ1) is 9.67. The Morgan fingerprint density at radius 2 is 2.31 bits per heavy atom. The van der Waals surface area contributed by atoms with Gasteiger partial charge >= 0.3 is 0 Å². The van der Waals surface area contributed by atoms with Gasteiger partial charge in [0.25, 0.3) is 0 Å². The second-order valence-corrected chi connectivity index (χ2v) is 3.25. The zero-order valence-electron chi connectivity index (χ0n) is 7.61. The molecule has 0 saturated heterocycles. The highest BCUT2D eigenvalue weighted by Crippen LogP contribution is 2.19. The monoisotopic (exact) mass is 180 g/mol. The topological polar surface area (TPSA) is 62.2 Å². The van der Waals surface area contributed by atoms with Crippen LogP contribution in [0.3, 0.4) is 0 Å². The van der Waals surface area contributed by atoms with E-state index in [0.29, 0.717) is 17.8 Å². The van der Waals surface area contributed by atoms with Gasteiger partial charge in [-0.2, -0.15) is 0 Å². The summed E-state index contributed by atoms with van der Waals surface area (Å²) < 4.78 is 0. The van der Waals surface area contributed by atoms with Crippen molar-refractivity contribution in [2.24, 2.45) is 0 Å². The van der Waals surface area contributed by atoms with Crippen molar-refractivity contribution in [2.75, 3.05) is 5.32 Å². The minimum absolute atomic E-state index is 0.527. The third-order valence-corrected chi connectivity index (χ3v) is 1.61. The number of rotatable bonds is 3. The van der Waals surface area contributed by atoms with Crippen LogP contribution in [-0.2, 0) is 10.4 Å². The Hall–Kier alpha value is -1.42. The Balaban J connectivity index is 2.98. The van der Waals surface area contributed by atoms with Crippen LogP contribution in [0.4, 0.5) is 5.69 Å². The van der Waals surface area contributed by atoms with Crippen molar-refractivity contribution in [1.29, 1.82) is 0 Å². The van der Waals surface area contributed by atoms with E-state index < -0.39 is 5.60 Å². The van der Waals surface area contributed by atoms with Crippen molar-refractivity contribution in [2.45, 2.75) is 19.4 Å². The summed E-state index contributed by atoms with van der Waals surface area (Å²) in [6, 6.07) is 3.29. The average Bonchev–Trinajstić information content (AvgIpc) is 2.04. The Morgan fingerprint density at radius 3 is 2.85 bits per heavy atom. The van der Waals surface area contributed by atoms with E-state index in [1.54, 1.807) is 32.2 Å². The molecular formula is C9H12N2O2. The molecule has 0 unspecified atom stereocenters. The van der Waals surface area contributed by atoms with Crippen molar-refractivity contribution in [3.05, 3.63) is 24.0 Å². The molecule has 70 valence electrons. The lowest BCUT2D eigenvalue weighted by atomic mass is 10.0. The first-order chi connectivity index (χ1) is 6.04. The predicted octanol–water partition coefficient (Wildman–Crippen LogP) is 0.877. The highest BCUT2D eigenvalue weighted by Gasteiger charge is 2.17. The van der Waals surface area contributed by atoms with Crippen molar-refractivity contribution in [1.82, 2.24) is 4.98 Å². The number of hydrogen-bond donors (Lipinski definition) is 2. The highest BCUT2D eigenvalue weighted by molar-refractivity contribution is 5.71. The van der Waals surface area contributed by atoms with E-state index in [4.69, 9.17) is 0 Å². The van der Waals surface area contributed by atoms with Crippen LogP contribution in [-0.4, -0.2) is 16.5 Å². The molecule has 1 heterocycles. The molecule has 0 spiro atoms. The number of anilines is 1. The molecule has 0 bridgehead atoms. The first-order valence-corrected chi connectivity index (χ1v) is 3.93. The number of carbonyl (C=O) groups is 1. The summed E-state index contributed by atoms with van der Waals surface area (Å²) >= 11 is 0. The Kier molecular flexibility index (Phi) is 2.63. The molecule has 1 aromatic rings. The van der Waals surface area contributed by atoms with Gasteiger partial charge < -0.3 is 10.4 Å². The van der Waals surface area contributed by atoms with Gasteiger partial charge in [0.1, 0.15) is 5.60 Å². The summed E-state index contributed by atoms with van der Waals surface area (Å²) in [5.74, 6) is 0. The summed E-state index contributed by atoms with van der Waals surface area (Å²) in [7, 11) is 0. The summed E-state index contributed by atoms with van der Waals surface area (Å²) in [5.41, 5.74) is 0.169. The smallest absolute Gasteiger partial charge is 0.211 e. The lowest BCUT2D eigenvalue weighted by Gasteiger charge is -2.16. The molecule has 0 aliphatic carbocycles. The summed E-state index contributed by atoms with van der Waals surface area (Å²) in [4.78, 5) is 14.1. The van der Waals surface area contributed by atoms with E-state index in [0.717, 1.165) is 0 Å². The summed E-state index contributed by atoms with van der Waals surface area (Å²) in [6.07, 6.45) is 2.13. The van der Waals surface area contributed by atoms with Gasteiger partial charge in [-0.3, -0.25) is 9.78 Å². The molecule has 2 N–H and O–H groups in total. The standard InChI is InChI=1S/C9H12N2O2/c1-9(2,13)8-5-7(11-6-12)3-4-10-8/h3-6,13H,1-2H3,(H,10,11,12). The number of aromatic nitrogens is 1. The van der Waals surface area contributed by atoms with Crippen LogP contribution in [0.15, 0.2) is 18.3 Å². The van der Waals surface area contributed by atoms with Crippen LogP contribution >= 0.6 is 0 Å². The van der Waals surface area contributed by atoms with Gasteiger partial charge in [-0.15, -0.1) is 0 Å². The second-order valence-electron chi connectivity index (χ2n) is 3.25. The molecule has 0 aromatic carbocycles. The number of aliphatic hydroxyl groups is 1. The van der Waals surface area contributed by atoms with Crippen LogP contribution < -0.4 is 5.32 Å². The molecule has 0 radical (unpaired) electrons. The Bertz CT molecular complexity index is 305.